The third kappa shape index (κ3) is 6.55. The predicted molar refractivity (Wildman–Crippen MR) is 129 cm³/mol. The van der Waals surface area contributed by atoms with E-state index in [0.717, 1.165) is 17.8 Å². The molecule has 10 heteroatoms. The van der Waals surface area contributed by atoms with E-state index in [4.69, 9.17) is 23.5 Å². The predicted octanol–water partition coefficient (Wildman–Crippen LogP) is 3.21. The van der Waals surface area contributed by atoms with E-state index in [-0.39, 0.29) is 0 Å². The van der Waals surface area contributed by atoms with Gasteiger partial charge < -0.3 is 23.5 Å². The zero-order valence-electron chi connectivity index (χ0n) is 20.0. The molecule has 33 heavy (non-hydrogen) atoms. The summed E-state index contributed by atoms with van der Waals surface area (Å²) in [7, 11) is -2.51. The Bertz CT molecular complexity index is 1040. The second-order valence-corrected chi connectivity index (χ2v) is 10.7. The first-order valence-corrected chi connectivity index (χ1v) is 12.7. The molecule has 0 aromatic heterocycles. The second kappa shape index (κ2) is 9.83. The molecule has 0 saturated carbocycles. The molecule has 8 nitrogen and oxygen atoms in total. The summed E-state index contributed by atoms with van der Waals surface area (Å²) in [5.41, 5.74) is 0.0400. The largest absolute Gasteiger partial charge is 0.497 e. The Labute approximate surface area is 196 Å². The van der Waals surface area contributed by atoms with Crippen LogP contribution in [0.25, 0.3) is 0 Å². The minimum Gasteiger partial charge on any atom is -0.497 e. The molecule has 2 aromatic carbocycles. The van der Waals surface area contributed by atoms with Crippen LogP contribution in [-0.2, 0) is 19.3 Å². The van der Waals surface area contributed by atoms with Gasteiger partial charge in [-0.05, 0) is 69.6 Å². The molecule has 0 aliphatic carbocycles. The van der Waals surface area contributed by atoms with Gasteiger partial charge in [0.25, 0.3) is 0 Å². The fraction of sp³-hybridized carbons (Fsp3) is 0.478. The van der Waals surface area contributed by atoms with Crippen LogP contribution in [0.3, 0.4) is 0 Å². The van der Waals surface area contributed by atoms with Gasteiger partial charge >= 0.3 is 7.12 Å². The van der Waals surface area contributed by atoms with Gasteiger partial charge in [0.15, 0.2) is 0 Å². The normalized spacial score (nSPS) is 17.0. The molecule has 3 rings (SSSR count). The number of hydrogen-bond acceptors (Lipinski definition) is 7. The first-order chi connectivity index (χ1) is 15.4. The molecule has 1 aliphatic rings. The Balaban J connectivity index is 1.63. The number of methoxy groups -OCH3 is 1. The van der Waals surface area contributed by atoms with Crippen molar-refractivity contribution in [1.29, 1.82) is 0 Å². The third-order valence-corrected chi connectivity index (χ3v) is 6.29. The molecule has 1 fully saturated rings. The van der Waals surface area contributed by atoms with E-state index in [1.165, 1.54) is 0 Å². The molecular weight excluding hydrogens is 445 g/mol. The van der Waals surface area contributed by atoms with Gasteiger partial charge in [0.05, 0.1) is 43.5 Å². The molecular formula is C23H32BNO7S. The van der Waals surface area contributed by atoms with E-state index in [1.54, 1.807) is 19.2 Å². The molecule has 1 N–H and O–H groups in total. The summed E-state index contributed by atoms with van der Waals surface area (Å²) in [5.74, 6) is 1.92. The van der Waals surface area contributed by atoms with Crippen LogP contribution in [0.1, 0.15) is 34.1 Å². The lowest BCUT2D eigenvalue weighted by molar-refractivity contribution is 0.00578. The Morgan fingerprint density at radius 1 is 0.909 bits per heavy atom. The quantitative estimate of drug-likeness (QED) is 0.415. The molecule has 2 aromatic rings. The van der Waals surface area contributed by atoms with Crippen molar-refractivity contribution in [3.63, 3.8) is 0 Å². The highest BCUT2D eigenvalue weighted by atomic mass is 32.2. The van der Waals surface area contributed by atoms with Crippen molar-refractivity contribution in [2.24, 2.45) is 0 Å². The topological polar surface area (TPSA) is 92.3 Å². The van der Waals surface area contributed by atoms with Crippen molar-refractivity contribution in [3.8, 4) is 17.2 Å². The molecule has 0 bridgehead atoms. The van der Waals surface area contributed by atoms with Crippen LogP contribution in [0.15, 0.2) is 42.5 Å². The zero-order chi connectivity index (χ0) is 24.3. The maximum absolute atomic E-state index is 11.9. The van der Waals surface area contributed by atoms with E-state index >= 15 is 0 Å². The van der Waals surface area contributed by atoms with Crippen LogP contribution >= 0.6 is 0 Å². The highest BCUT2D eigenvalue weighted by Gasteiger charge is 2.51. The highest BCUT2D eigenvalue weighted by molar-refractivity contribution is 7.92. The lowest BCUT2D eigenvalue weighted by Gasteiger charge is -2.32. The lowest BCUT2D eigenvalue weighted by Crippen LogP contribution is -2.41. The van der Waals surface area contributed by atoms with E-state index < -0.39 is 28.3 Å². The molecule has 1 saturated heterocycles. The van der Waals surface area contributed by atoms with E-state index in [9.17, 15) is 8.42 Å². The van der Waals surface area contributed by atoms with Crippen LogP contribution in [0.2, 0.25) is 0 Å². The Kier molecular flexibility index (Phi) is 7.50. The second-order valence-electron chi connectivity index (χ2n) is 8.94. The lowest BCUT2D eigenvalue weighted by atomic mass is 9.79. The maximum Gasteiger partial charge on any atom is 0.494 e. The molecule has 0 atom stereocenters. The molecule has 180 valence electrons. The number of benzene rings is 2. The van der Waals surface area contributed by atoms with Crippen molar-refractivity contribution >= 4 is 28.3 Å². The minimum absolute atomic E-state index is 0.334. The molecule has 1 aliphatic heterocycles. The van der Waals surface area contributed by atoms with Crippen LogP contribution in [0, 0.1) is 0 Å². The molecule has 0 unspecified atom stereocenters. The maximum atomic E-state index is 11.9. The summed E-state index contributed by atoms with van der Waals surface area (Å²) in [6.07, 6.45) is 1.71. The van der Waals surface area contributed by atoms with Crippen LogP contribution in [0.5, 0.6) is 17.2 Å². The number of ether oxygens (including phenoxy) is 3. The third-order valence-electron chi connectivity index (χ3n) is 5.70. The van der Waals surface area contributed by atoms with E-state index in [2.05, 4.69) is 4.72 Å². The van der Waals surface area contributed by atoms with Gasteiger partial charge in [0.2, 0.25) is 10.0 Å². The monoisotopic (exact) mass is 477 g/mol. The van der Waals surface area contributed by atoms with Crippen molar-refractivity contribution in [2.45, 2.75) is 45.3 Å². The standard InChI is InChI=1S/C23H32BNO7S/c1-22(2)23(3,4)32-24(31-22)17-8-13-21(20(16-17)25-33(6,26)27)30-15-7-14-29-19-11-9-18(28-5)10-12-19/h8-13,16,25H,7,14-15H2,1-6H3. The average Bonchev–Trinajstić information content (AvgIpc) is 2.95. The van der Waals surface area contributed by atoms with Gasteiger partial charge in [-0.2, -0.15) is 0 Å². The summed E-state index contributed by atoms with van der Waals surface area (Å²) < 4.78 is 55.2. The van der Waals surface area contributed by atoms with Crippen molar-refractivity contribution in [2.75, 3.05) is 31.3 Å². The number of sulfonamides is 1. The van der Waals surface area contributed by atoms with Gasteiger partial charge in [0.1, 0.15) is 17.2 Å². The first kappa shape index (κ1) is 25.2. The summed E-state index contributed by atoms with van der Waals surface area (Å²) >= 11 is 0. The van der Waals surface area contributed by atoms with Crippen LogP contribution in [0.4, 0.5) is 5.69 Å². The van der Waals surface area contributed by atoms with E-state index in [1.807, 2.05) is 58.0 Å². The smallest absolute Gasteiger partial charge is 0.494 e. The van der Waals surface area contributed by atoms with Gasteiger partial charge in [-0.25, -0.2) is 8.42 Å². The van der Waals surface area contributed by atoms with Crippen LogP contribution < -0.4 is 24.4 Å². The van der Waals surface area contributed by atoms with Crippen LogP contribution in [-0.4, -0.2) is 53.3 Å². The Morgan fingerprint density at radius 2 is 1.48 bits per heavy atom. The van der Waals surface area contributed by atoms with Crippen molar-refractivity contribution < 1.29 is 31.9 Å². The molecule has 0 amide bonds. The molecule has 0 radical (unpaired) electrons. The number of anilines is 1. The first-order valence-electron chi connectivity index (χ1n) is 10.8. The van der Waals surface area contributed by atoms with Crippen molar-refractivity contribution in [1.82, 2.24) is 0 Å². The van der Waals surface area contributed by atoms with Crippen molar-refractivity contribution in [3.05, 3.63) is 42.5 Å². The average molecular weight is 477 g/mol. The number of hydrogen-bond donors (Lipinski definition) is 1. The molecule has 0 spiro atoms. The Hall–Kier alpha value is -2.43. The van der Waals surface area contributed by atoms with Gasteiger partial charge in [0, 0.05) is 6.42 Å². The number of nitrogens with one attached hydrogen (secondary N) is 1. The van der Waals surface area contributed by atoms with E-state index in [0.29, 0.717) is 36.5 Å². The van der Waals surface area contributed by atoms with Gasteiger partial charge in [-0.1, -0.05) is 6.07 Å². The molecule has 1 heterocycles. The summed E-state index contributed by atoms with van der Waals surface area (Å²) in [5, 5.41) is 0. The number of rotatable bonds is 10. The fourth-order valence-electron chi connectivity index (χ4n) is 3.18. The summed E-state index contributed by atoms with van der Waals surface area (Å²) in [6, 6.07) is 12.6. The SMILES string of the molecule is COc1ccc(OCCCOc2ccc(B3OC(C)(C)C(C)(C)O3)cc2NS(C)(=O)=O)cc1. The summed E-state index contributed by atoms with van der Waals surface area (Å²) in [4.78, 5) is 0. The zero-order valence-corrected chi connectivity index (χ0v) is 20.8. The van der Waals surface area contributed by atoms with Gasteiger partial charge in [-0.15, -0.1) is 0 Å². The summed E-state index contributed by atoms with van der Waals surface area (Å²) in [6.45, 7) is 8.67. The van der Waals surface area contributed by atoms with Gasteiger partial charge in [-0.3, -0.25) is 4.72 Å². The highest BCUT2D eigenvalue weighted by Crippen LogP contribution is 2.37. The fourth-order valence-corrected chi connectivity index (χ4v) is 3.74. The minimum atomic E-state index is -3.51. The Morgan fingerprint density at radius 3 is 2.06 bits per heavy atom.